The fourth-order valence-corrected chi connectivity index (χ4v) is 3.78. The quantitative estimate of drug-likeness (QED) is 0.489. The molecule has 0 fully saturated rings. The Balaban J connectivity index is 1.63. The van der Waals surface area contributed by atoms with E-state index in [1.807, 2.05) is 74.4 Å². The lowest BCUT2D eigenvalue weighted by atomic mass is 9.99. The Morgan fingerprint density at radius 2 is 1.93 bits per heavy atom. The van der Waals surface area contributed by atoms with Gasteiger partial charge in [-0.1, -0.05) is 25.1 Å². The SMILES string of the molecule is CCc1cc2c(C)cc(=O)oc2c(CN(C)Cc2cnn(-c3ccccc3)c2)c1O. The van der Waals surface area contributed by atoms with E-state index in [9.17, 15) is 9.90 Å². The van der Waals surface area contributed by atoms with Crippen LogP contribution in [0.15, 0.2) is 64.1 Å². The summed E-state index contributed by atoms with van der Waals surface area (Å²) in [7, 11) is 1.97. The van der Waals surface area contributed by atoms with Gasteiger partial charge in [-0.05, 0) is 49.7 Å². The fourth-order valence-electron chi connectivity index (χ4n) is 3.78. The largest absolute Gasteiger partial charge is 0.507 e. The molecular formula is C24H25N3O3. The predicted octanol–water partition coefficient (Wildman–Crippen LogP) is 4.19. The molecule has 0 bridgehead atoms. The van der Waals surface area contributed by atoms with Gasteiger partial charge in [0.25, 0.3) is 0 Å². The molecule has 2 aromatic carbocycles. The maximum Gasteiger partial charge on any atom is 0.336 e. The van der Waals surface area contributed by atoms with Gasteiger partial charge < -0.3 is 9.52 Å². The summed E-state index contributed by atoms with van der Waals surface area (Å²) in [5.41, 5.74) is 4.45. The van der Waals surface area contributed by atoms with Crippen molar-refractivity contribution in [1.82, 2.24) is 14.7 Å². The molecule has 0 radical (unpaired) electrons. The van der Waals surface area contributed by atoms with Gasteiger partial charge in [-0.3, -0.25) is 4.90 Å². The van der Waals surface area contributed by atoms with Crippen LogP contribution in [0.4, 0.5) is 0 Å². The zero-order chi connectivity index (χ0) is 21.3. The van der Waals surface area contributed by atoms with Gasteiger partial charge in [-0.2, -0.15) is 5.10 Å². The molecule has 6 nitrogen and oxygen atoms in total. The Bertz CT molecular complexity index is 1240. The van der Waals surface area contributed by atoms with Crippen LogP contribution >= 0.6 is 0 Å². The number of aromatic nitrogens is 2. The van der Waals surface area contributed by atoms with Crippen LogP contribution in [0.3, 0.4) is 0 Å². The molecule has 0 saturated heterocycles. The number of aromatic hydroxyl groups is 1. The molecule has 6 heteroatoms. The molecule has 0 amide bonds. The lowest BCUT2D eigenvalue weighted by Gasteiger charge is -2.19. The molecule has 0 unspecified atom stereocenters. The summed E-state index contributed by atoms with van der Waals surface area (Å²) in [5.74, 6) is 0.200. The second-order valence-electron chi connectivity index (χ2n) is 7.64. The molecule has 1 N–H and O–H groups in total. The number of para-hydroxylation sites is 1. The Morgan fingerprint density at radius 3 is 2.67 bits per heavy atom. The number of benzene rings is 2. The van der Waals surface area contributed by atoms with Crippen molar-refractivity contribution in [1.29, 1.82) is 0 Å². The zero-order valence-electron chi connectivity index (χ0n) is 17.4. The summed E-state index contributed by atoms with van der Waals surface area (Å²) in [6, 6.07) is 13.3. The van der Waals surface area contributed by atoms with E-state index in [4.69, 9.17) is 4.42 Å². The second kappa shape index (κ2) is 8.16. The molecule has 30 heavy (non-hydrogen) atoms. The number of hydrogen-bond acceptors (Lipinski definition) is 5. The molecule has 4 rings (SSSR count). The Labute approximate surface area is 175 Å². The lowest BCUT2D eigenvalue weighted by Crippen LogP contribution is -2.18. The van der Waals surface area contributed by atoms with Gasteiger partial charge in [0.05, 0.1) is 17.4 Å². The first-order valence-corrected chi connectivity index (χ1v) is 10.0. The van der Waals surface area contributed by atoms with Gasteiger partial charge >= 0.3 is 5.63 Å². The summed E-state index contributed by atoms with van der Waals surface area (Å²) in [4.78, 5) is 14.0. The van der Waals surface area contributed by atoms with Gasteiger partial charge in [-0.25, -0.2) is 9.48 Å². The first-order chi connectivity index (χ1) is 14.5. The highest BCUT2D eigenvalue weighted by Crippen LogP contribution is 2.33. The third-order valence-corrected chi connectivity index (χ3v) is 5.31. The average molecular weight is 403 g/mol. The number of phenols is 1. The predicted molar refractivity (Wildman–Crippen MR) is 117 cm³/mol. The number of phenolic OH excluding ortho intramolecular Hbond substituents is 1. The van der Waals surface area contributed by atoms with Crippen molar-refractivity contribution >= 4 is 11.0 Å². The topological polar surface area (TPSA) is 71.5 Å². The monoisotopic (exact) mass is 403 g/mol. The smallest absolute Gasteiger partial charge is 0.336 e. The summed E-state index contributed by atoms with van der Waals surface area (Å²) in [5, 5.41) is 16.1. The lowest BCUT2D eigenvalue weighted by molar-refractivity contribution is 0.311. The third kappa shape index (κ3) is 3.86. The van der Waals surface area contributed by atoms with Crippen molar-refractivity contribution in [3.8, 4) is 11.4 Å². The average Bonchev–Trinajstić information content (AvgIpc) is 3.19. The number of aryl methyl sites for hydroxylation is 2. The summed E-state index contributed by atoms with van der Waals surface area (Å²) in [6.07, 6.45) is 4.53. The van der Waals surface area contributed by atoms with Crippen LogP contribution in [0.1, 0.15) is 29.2 Å². The van der Waals surface area contributed by atoms with Crippen molar-refractivity contribution in [3.63, 3.8) is 0 Å². The summed E-state index contributed by atoms with van der Waals surface area (Å²) in [6.45, 7) is 4.97. The summed E-state index contributed by atoms with van der Waals surface area (Å²) >= 11 is 0. The van der Waals surface area contributed by atoms with E-state index < -0.39 is 5.63 Å². The summed E-state index contributed by atoms with van der Waals surface area (Å²) < 4.78 is 7.35. The molecule has 2 aromatic heterocycles. The minimum atomic E-state index is -0.406. The third-order valence-electron chi connectivity index (χ3n) is 5.31. The van der Waals surface area contributed by atoms with Crippen molar-refractivity contribution in [3.05, 3.63) is 87.5 Å². The van der Waals surface area contributed by atoms with Crippen LogP contribution in [0, 0.1) is 6.92 Å². The van der Waals surface area contributed by atoms with Crippen molar-refractivity contribution in [2.45, 2.75) is 33.4 Å². The highest BCUT2D eigenvalue weighted by molar-refractivity contribution is 5.86. The Hall–Kier alpha value is -3.38. The standard InChI is InChI=1S/C24H25N3O3/c1-4-18-11-20-16(2)10-22(28)30-24(20)21(23(18)29)15-26(3)13-17-12-25-27(14-17)19-8-6-5-7-9-19/h5-12,14,29H,4,13,15H2,1-3H3. The maximum atomic E-state index is 12.0. The van der Waals surface area contributed by atoms with Crippen molar-refractivity contribution in [2.24, 2.45) is 0 Å². The minimum absolute atomic E-state index is 0.200. The number of hydrogen-bond donors (Lipinski definition) is 1. The van der Waals surface area contributed by atoms with Crippen LogP contribution in [-0.2, 0) is 19.5 Å². The molecule has 4 aromatic rings. The Morgan fingerprint density at radius 1 is 1.17 bits per heavy atom. The zero-order valence-corrected chi connectivity index (χ0v) is 17.4. The molecule has 0 spiro atoms. The van der Waals surface area contributed by atoms with E-state index >= 15 is 0 Å². The van der Waals surface area contributed by atoms with Crippen LogP contribution in [0.25, 0.3) is 16.7 Å². The molecule has 0 aliphatic rings. The fraction of sp³-hybridized carbons (Fsp3) is 0.250. The van der Waals surface area contributed by atoms with Crippen LogP contribution < -0.4 is 5.63 Å². The highest BCUT2D eigenvalue weighted by Gasteiger charge is 2.18. The van der Waals surface area contributed by atoms with Gasteiger partial charge in [-0.15, -0.1) is 0 Å². The maximum absolute atomic E-state index is 12.0. The van der Waals surface area contributed by atoms with E-state index in [0.29, 0.717) is 30.7 Å². The second-order valence-corrected chi connectivity index (χ2v) is 7.64. The van der Waals surface area contributed by atoms with Gasteiger partial charge in [0.2, 0.25) is 0 Å². The van der Waals surface area contributed by atoms with Crippen molar-refractivity contribution < 1.29 is 9.52 Å². The van der Waals surface area contributed by atoms with Gasteiger partial charge in [0, 0.05) is 36.3 Å². The molecule has 0 aliphatic heterocycles. The molecule has 2 heterocycles. The van der Waals surface area contributed by atoms with Crippen LogP contribution in [-0.4, -0.2) is 26.8 Å². The first kappa shape index (κ1) is 19.9. The van der Waals surface area contributed by atoms with Crippen molar-refractivity contribution in [2.75, 3.05) is 7.05 Å². The number of rotatable bonds is 6. The highest BCUT2D eigenvalue weighted by atomic mass is 16.4. The molecular weight excluding hydrogens is 378 g/mol. The molecule has 0 aliphatic carbocycles. The van der Waals surface area contributed by atoms with E-state index in [1.165, 1.54) is 6.07 Å². The molecule has 154 valence electrons. The molecule has 0 atom stereocenters. The number of fused-ring (bicyclic) bond motifs is 1. The normalized spacial score (nSPS) is 11.5. The van der Waals surface area contributed by atoms with E-state index in [2.05, 4.69) is 10.00 Å². The van der Waals surface area contributed by atoms with E-state index in [1.54, 1.807) is 0 Å². The Kier molecular flexibility index (Phi) is 5.42. The van der Waals surface area contributed by atoms with Crippen LogP contribution in [0.5, 0.6) is 5.75 Å². The van der Waals surface area contributed by atoms with E-state index in [0.717, 1.165) is 27.8 Å². The molecule has 0 saturated carbocycles. The van der Waals surface area contributed by atoms with Gasteiger partial charge in [0.1, 0.15) is 11.3 Å². The minimum Gasteiger partial charge on any atom is -0.507 e. The van der Waals surface area contributed by atoms with Gasteiger partial charge in [0.15, 0.2) is 0 Å². The first-order valence-electron chi connectivity index (χ1n) is 10.0. The van der Waals surface area contributed by atoms with Crippen LogP contribution in [0.2, 0.25) is 0 Å². The number of nitrogens with zero attached hydrogens (tertiary/aromatic N) is 3. The van der Waals surface area contributed by atoms with E-state index in [-0.39, 0.29) is 5.75 Å².